The normalized spacial score (nSPS) is 11.6. The van der Waals surface area contributed by atoms with Gasteiger partial charge in [0.15, 0.2) is 0 Å². The van der Waals surface area contributed by atoms with Crippen LogP contribution >= 0.6 is 11.6 Å². The fourth-order valence-electron chi connectivity index (χ4n) is 2.36. The molecule has 5 heteroatoms. The Bertz CT molecular complexity index is 689. The predicted molar refractivity (Wildman–Crippen MR) is 95.8 cm³/mol. The second kappa shape index (κ2) is 9.08. The molecule has 0 heterocycles. The van der Waals surface area contributed by atoms with Crippen LogP contribution in [0.3, 0.4) is 0 Å². The molecule has 1 atom stereocenters. The Balaban J connectivity index is 1.71. The minimum atomic E-state index is -0.286. The number of nitrogens with one attached hydrogen (secondary N) is 2. The summed E-state index contributed by atoms with van der Waals surface area (Å²) in [5, 5.41) is 6.25. The Kier molecular flexibility index (Phi) is 6.82. The van der Waals surface area contributed by atoms with Gasteiger partial charge < -0.3 is 10.6 Å². The fourth-order valence-corrected chi connectivity index (χ4v) is 2.58. The molecule has 0 aliphatic heterocycles. The highest BCUT2D eigenvalue weighted by Gasteiger charge is 2.12. The first-order valence-corrected chi connectivity index (χ1v) is 8.28. The van der Waals surface area contributed by atoms with Crippen LogP contribution in [0, 0.1) is 0 Å². The summed E-state index contributed by atoms with van der Waals surface area (Å²) in [5.41, 5.74) is 2.05. The fraction of sp³-hybridized carbons (Fsp3) is 0.263. The van der Waals surface area contributed by atoms with E-state index in [2.05, 4.69) is 10.6 Å². The summed E-state index contributed by atoms with van der Waals surface area (Å²) in [5.74, 6) is -0.568. The highest BCUT2D eigenvalue weighted by Crippen LogP contribution is 2.11. The number of benzene rings is 2. The van der Waals surface area contributed by atoms with Gasteiger partial charge in [0.05, 0.1) is 6.04 Å². The summed E-state index contributed by atoms with van der Waals surface area (Å²) in [6, 6.07) is 17.0. The van der Waals surface area contributed by atoms with Crippen LogP contribution in [0.2, 0.25) is 5.02 Å². The summed E-state index contributed by atoms with van der Waals surface area (Å²) >= 11 is 5.91. The smallest absolute Gasteiger partial charge is 0.229 e. The van der Waals surface area contributed by atoms with Crippen molar-refractivity contribution in [1.29, 1.82) is 0 Å². The molecule has 2 N–H and O–H groups in total. The van der Waals surface area contributed by atoms with Crippen LogP contribution in [0.15, 0.2) is 54.6 Å². The van der Waals surface area contributed by atoms with Crippen LogP contribution in [-0.4, -0.2) is 18.4 Å². The molecule has 0 saturated heterocycles. The Labute approximate surface area is 147 Å². The molecule has 0 spiro atoms. The highest BCUT2D eigenvalue weighted by molar-refractivity contribution is 6.30. The zero-order chi connectivity index (χ0) is 17.4. The Morgan fingerprint density at radius 3 is 2.50 bits per heavy atom. The third-order valence-corrected chi connectivity index (χ3v) is 3.86. The summed E-state index contributed by atoms with van der Waals surface area (Å²) in [4.78, 5) is 23.8. The molecule has 0 fully saturated rings. The van der Waals surface area contributed by atoms with E-state index in [0.717, 1.165) is 11.1 Å². The molecular weight excluding hydrogens is 324 g/mol. The summed E-state index contributed by atoms with van der Waals surface area (Å²) in [6.07, 6.45) is 0.501. The molecule has 2 amide bonds. The molecule has 0 aliphatic carbocycles. The molecule has 4 nitrogen and oxygen atoms in total. The van der Waals surface area contributed by atoms with Crippen molar-refractivity contribution in [3.8, 4) is 0 Å². The largest absolute Gasteiger partial charge is 0.355 e. The molecule has 0 radical (unpaired) electrons. The van der Waals surface area contributed by atoms with Crippen molar-refractivity contribution in [2.24, 2.45) is 0 Å². The summed E-state index contributed by atoms with van der Waals surface area (Å²) in [7, 11) is 0. The van der Waals surface area contributed by atoms with Gasteiger partial charge in [-0.2, -0.15) is 0 Å². The number of hydrogen-bond donors (Lipinski definition) is 2. The molecule has 0 aromatic heterocycles. The van der Waals surface area contributed by atoms with Gasteiger partial charge in [-0.15, -0.1) is 0 Å². The Morgan fingerprint density at radius 2 is 1.79 bits per heavy atom. The first kappa shape index (κ1) is 18.0. The summed E-state index contributed by atoms with van der Waals surface area (Å²) < 4.78 is 0. The number of hydrogen-bond acceptors (Lipinski definition) is 2. The van der Waals surface area contributed by atoms with Crippen LogP contribution < -0.4 is 10.6 Å². The molecule has 2 aromatic carbocycles. The summed E-state index contributed by atoms with van der Waals surface area (Å²) in [6.45, 7) is 2.37. The van der Waals surface area contributed by atoms with E-state index in [-0.39, 0.29) is 24.3 Å². The average Bonchev–Trinajstić information content (AvgIpc) is 2.55. The van der Waals surface area contributed by atoms with E-state index in [0.29, 0.717) is 18.0 Å². The van der Waals surface area contributed by atoms with Crippen molar-refractivity contribution in [1.82, 2.24) is 10.6 Å². The van der Waals surface area contributed by atoms with E-state index in [1.807, 2.05) is 61.5 Å². The third-order valence-electron chi connectivity index (χ3n) is 3.62. The molecule has 0 saturated carbocycles. The van der Waals surface area contributed by atoms with Gasteiger partial charge in [0.25, 0.3) is 0 Å². The average molecular weight is 345 g/mol. The maximum absolute atomic E-state index is 11.9. The molecule has 24 heavy (non-hydrogen) atoms. The maximum Gasteiger partial charge on any atom is 0.229 e. The number of carbonyl (C=O) groups excluding carboxylic acids is 2. The second-order valence-corrected chi connectivity index (χ2v) is 6.04. The molecule has 0 aliphatic rings. The third kappa shape index (κ3) is 6.05. The maximum atomic E-state index is 11.9. The zero-order valence-electron chi connectivity index (χ0n) is 13.6. The molecule has 0 bridgehead atoms. The van der Waals surface area contributed by atoms with Gasteiger partial charge in [0, 0.05) is 11.6 Å². The van der Waals surface area contributed by atoms with Crippen molar-refractivity contribution in [2.45, 2.75) is 25.8 Å². The van der Waals surface area contributed by atoms with Crippen LogP contribution in [0.25, 0.3) is 0 Å². The number of rotatable bonds is 7. The van der Waals surface area contributed by atoms with Crippen LogP contribution in [0.4, 0.5) is 0 Å². The topological polar surface area (TPSA) is 58.2 Å². The second-order valence-electron chi connectivity index (χ2n) is 5.61. The first-order chi connectivity index (χ1) is 11.5. The lowest BCUT2D eigenvalue weighted by molar-refractivity contribution is -0.129. The Hall–Kier alpha value is -2.33. The van der Waals surface area contributed by atoms with Crippen LogP contribution in [0.1, 0.15) is 30.5 Å². The highest BCUT2D eigenvalue weighted by atomic mass is 35.5. The predicted octanol–water partition coefficient (Wildman–Crippen LogP) is 3.27. The van der Waals surface area contributed by atoms with Crippen LogP contribution in [-0.2, 0) is 16.0 Å². The van der Waals surface area contributed by atoms with Crippen molar-refractivity contribution in [3.05, 3.63) is 70.7 Å². The van der Waals surface area contributed by atoms with E-state index < -0.39 is 0 Å². The molecule has 126 valence electrons. The number of amides is 2. The number of carbonyl (C=O) groups is 2. The van der Waals surface area contributed by atoms with Crippen molar-refractivity contribution in [3.63, 3.8) is 0 Å². The zero-order valence-corrected chi connectivity index (χ0v) is 14.3. The van der Waals surface area contributed by atoms with Crippen molar-refractivity contribution in [2.75, 3.05) is 6.54 Å². The Morgan fingerprint density at radius 1 is 1.04 bits per heavy atom. The molecule has 2 aromatic rings. The van der Waals surface area contributed by atoms with E-state index in [1.54, 1.807) is 0 Å². The minimum absolute atomic E-state index is 0.127. The minimum Gasteiger partial charge on any atom is -0.355 e. The molecule has 2 rings (SSSR count). The van der Waals surface area contributed by atoms with Crippen molar-refractivity contribution < 1.29 is 9.59 Å². The monoisotopic (exact) mass is 344 g/mol. The quantitative estimate of drug-likeness (QED) is 0.757. The lowest BCUT2D eigenvalue weighted by atomic mass is 10.1. The lowest BCUT2D eigenvalue weighted by Gasteiger charge is -2.14. The SMILES string of the molecule is CC(NC(=O)CC(=O)NCCc1cccc(Cl)c1)c1ccccc1. The number of halogens is 1. The van der Waals surface area contributed by atoms with Gasteiger partial charge in [0.1, 0.15) is 6.42 Å². The van der Waals surface area contributed by atoms with Gasteiger partial charge >= 0.3 is 0 Å². The van der Waals surface area contributed by atoms with E-state index in [9.17, 15) is 9.59 Å². The van der Waals surface area contributed by atoms with E-state index in [1.165, 1.54) is 0 Å². The van der Waals surface area contributed by atoms with Crippen molar-refractivity contribution >= 4 is 23.4 Å². The van der Waals surface area contributed by atoms with Gasteiger partial charge in [0.2, 0.25) is 11.8 Å². The van der Waals surface area contributed by atoms with E-state index >= 15 is 0 Å². The van der Waals surface area contributed by atoms with E-state index in [4.69, 9.17) is 11.6 Å². The first-order valence-electron chi connectivity index (χ1n) is 7.90. The molecular formula is C19H21ClN2O2. The lowest BCUT2D eigenvalue weighted by Crippen LogP contribution is -2.34. The van der Waals surface area contributed by atoms with Gasteiger partial charge in [-0.3, -0.25) is 9.59 Å². The standard InChI is InChI=1S/C19H21ClN2O2/c1-14(16-7-3-2-4-8-16)22-19(24)13-18(23)21-11-10-15-6-5-9-17(20)12-15/h2-9,12,14H,10-11,13H2,1H3,(H,21,23)(H,22,24). The van der Waals surface area contributed by atoms with Crippen LogP contribution in [0.5, 0.6) is 0 Å². The van der Waals surface area contributed by atoms with Gasteiger partial charge in [-0.25, -0.2) is 0 Å². The van der Waals surface area contributed by atoms with Gasteiger partial charge in [-0.1, -0.05) is 54.1 Å². The van der Waals surface area contributed by atoms with Gasteiger partial charge in [-0.05, 0) is 36.6 Å². The molecule has 1 unspecified atom stereocenters.